The fourth-order valence-electron chi connectivity index (χ4n) is 6.94. The molecule has 9 rings (SSSR count). The third-order valence-corrected chi connectivity index (χ3v) is 8.85. The predicted octanol–water partition coefficient (Wildman–Crippen LogP) is 12.0. The molecule has 1 heterocycles. The number of rotatable bonds is 3. The monoisotopic (exact) mass is 546 g/mol. The van der Waals surface area contributed by atoms with Gasteiger partial charge in [0.05, 0.1) is 0 Å². The van der Waals surface area contributed by atoms with Crippen molar-refractivity contribution in [3.63, 3.8) is 0 Å². The van der Waals surface area contributed by atoms with Gasteiger partial charge in [0.1, 0.15) is 11.2 Å². The van der Waals surface area contributed by atoms with Crippen molar-refractivity contribution >= 4 is 54.3 Å². The highest BCUT2D eigenvalue weighted by Crippen LogP contribution is 2.45. The molecule has 1 nitrogen and oxygen atoms in total. The summed E-state index contributed by atoms with van der Waals surface area (Å²) in [5, 5.41) is 9.79. The molecule has 200 valence electrons. The van der Waals surface area contributed by atoms with E-state index in [1.54, 1.807) is 0 Å². The molecule has 8 aromatic carbocycles. The van der Waals surface area contributed by atoms with Gasteiger partial charge < -0.3 is 4.42 Å². The van der Waals surface area contributed by atoms with E-state index in [2.05, 4.69) is 146 Å². The zero-order valence-electron chi connectivity index (χ0n) is 23.4. The second-order valence-corrected chi connectivity index (χ2v) is 11.3. The molecule has 0 aliphatic rings. The predicted molar refractivity (Wildman–Crippen MR) is 183 cm³/mol. The molecule has 0 saturated carbocycles. The highest BCUT2D eigenvalue weighted by Gasteiger charge is 2.18. The van der Waals surface area contributed by atoms with Crippen molar-refractivity contribution in [2.75, 3.05) is 0 Å². The minimum absolute atomic E-state index is 0.916. The normalized spacial score (nSPS) is 11.7. The van der Waals surface area contributed by atoms with E-state index in [0.717, 1.165) is 27.5 Å². The Kier molecular flexibility index (Phi) is 5.27. The van der Waals surface area contributed by atoms with Gasteiger partial charge in [-0.05, 0) is 90.0 Å². The Balaban J connectivity index is 1.31. The highest BCUT2D eigenvalue weighted by atomic mass is 16.3. The summed E-state index contributed by atoms with van der Waals surface area (Å²) in [4.78, 5) is 0. The summed E-state index contributed by atoms with van der Waals surface area (Å²) in [6, 6.07) is 56.8. The van der Waals surface area contributed by atoms with Crippen molar-refractivity contribution in [3.05, 3.63) is 158 Å². The zero-order chi connectivity index (χ0) is 28.3. The van der Waals surface area contributed by atoms with E-state index in [0.29, 0.717) is 0 Å². The van der Waals surface area contributed by atoms with Crippen LogP contribution in [0.15, 0.2) is 162 Å². The van der Waals surface area contributed by atoms with Gasteiger partial charge in [-0.2, -0.15) is 0 Å². The minimum Gasteiger partial charge on any atom is -0.456 e. The molecule has 0 amide bonds. The quantitative estimate of drug-likeness (QED) is 0.201. The van der Waals surface area contributed by atoms with E-state index >= 15 is 0 Å². The van der Waals surface area contributed by atoms with Crippen molar-refractivity contribution in [2.45, 2.75) is 0 Å². The molecule has 0 unspecified atom stereocenters. The standard InChI is InChI=1S/C42H26O/c1-2-11-27(12-3-1)31-19-10-13-28-25-29(21-23-32(28)31)41-35-15-4-6-17-37(35)42(38-18-7-5-16-36(38)41)30-22-24-34-33-14-8-9-20-39(33)43-40(34)26-30/h1-26H. The van der Waals surface area contributed by atoms with E-state index in [4.69, 9.17) is 4.42 Å². The first-order valence-corrected chi connectivity index (χ1v) is 14.8. The Morgan fingerprint density at radius 2 is 0.837 bits per heavy atom. The molecule has 9 aromatic rings. The first-order chi connectivity index (χ1) is 21.3. The maximum absolute atomic E-state index is 6.31. The maximum Gasteiger partial charge on any atom is 0.136 e. The van der Waals surface area contributed by atoms with Crippen LogP contribution in [-0.4, -0.2) is 0 Å². The van der Waals surface area contributed by atoms with Crippen molar-refractivity contribution in [1.29, 1.82) is 0 Å². The van der Waals surface area contributed by atoms with Crippen molar-refractivity contribution < 1.29 is 4.42 Å². The Labute approximate surface area is 249 Å². The second kappa shape index (κ2) is 9.44. The highest BCUT2D eigenvalue weighted by molar-refractivity contribution is 6.22. The lowest BCUT2D eigenvalue weighted by atomic mass is 9.85. The van der Waals surface area contributed by atoms with Crippen LogP contribution in [0.2, 0.25) is 0 Å². The fraction of sp³-hybridized carbons (Fsp3) is 0. The van der Waals surface area contributed by atoms with Crippen LogP contribution < -0.4 is 0 Å². The van der Waals surface area contributed by atoms with Gasteiger partial charge in [-0.25, -0.2) is 0 Å². The van der Waals surface area contributed by atoms with Gasteiger partial charge in [0.25, 0.3) is 0 Å². The molecule has 0 aliphatic heterocycles. The molecule has 0 atom stereocenters. The molecule has 0 radical (unpaired) electrons. The van der Waals surface area contributed by atoms with Crippen LogP contribution in [0.1, 0.15) is 0 Å². The summed E-state index contributed by atoms with van der Waals surface area (Å²) in [6.45, 7) is 0. The summed E-state index contributed by atoms with van der Waals surface area (Å²) in [7, 11) is 0. The van der Waals surface area contributed by atoms with Crippen molar-refractivity contribution in [3.8, 4) is 33.4 Å². The van der Waals surface area contributed by atoms with Crippen LogP contribution in [-0.2, 0) is 0 Å². The molecule has 0 saturated heterocycles. The van der Waals surface area contributed by atoms with E-state index in [1.807, 2.05) is 12.1 Å². The zero-order valence-corrected chi connectivity index (χ0v) is 23.4. The minimum atomic E-state index is 0.916. The van der Waals surface area contributed by atoms with Gasteiger partial charge >= 0.3 is 0 Å². The molecule has 1 aromatic heterocycles. The van der Waals surface area contributed by atoms with Crippen LogP contribution in [0.4, 0.5) is 0 Å². The number of furan rings is 1. The van der Waals surface area contributed by atoms with Gasteiger partial charge in [0.15, 0.2) is 0 Å². The average Bonchev–Trinajstić information content (AvgIpc) is 3.45. The number of benzene rings is 8. The third-order valence-electron chi connectivity index (χ3n) is 8.85. The number of para-hydroxylation sites is 1. The maximum atomic E-state index is 6.31. The molecule has 43 heavy (non-hydrogen) atoms. The summed E-state index contributed by atoms with van der Waals surface area (Å²) in [5.41, 5.74) is 9.24. The Morgan fingerprint density at radius 1 is 0.302 bits per heavy atom. The van der Waals surface area contributed by atoms with E-state index < -0.39 is 0 Å². The fourth-order valence-corrected chi connectivity index (χ4v) is 6.94. The largest absolute Gasteiger partial charge is 0.456 e. The van der Waals surface area contributed by atoms with Crippen LogP contribution in [0.5, 0.6) is 0 Å². The first-order valence-electron chi connectivity index (χ1n) is 14.8. The summed E-state index contributed by atoms with van der Waals surface area (Å²) in [6.07, 6.45) is 0. The second-order valence-electron chi connectivity index (χ2n) is 11.3. The van der Waals surface area contributed by atoms with E-state index in [9.17, 15) is 0 Å². The molecule has 0 bridgehead atoms. The molecule has 0 aliphatic carbocycles. The van der Waals surface area contributed by atoms with E-state index in [-0.39, 0.29) is 0 Å². The molecular weight excluding hydrogens is 520 g/mol. The first kappa shape index (κ1) is 24.0. The van der Waals surface area contributed by atoms with Gasteiger partial charge in [-0.1, -0.05) is 133 Å². The number of hydrogen-bond donors (Lipinski definition) is 0. The summed E-state index contributed by atoms with van der Waals surface area (Å²) in [5.74, 6) is 0. The topological polar surface area (TPSA) is 13.1 Å². The Morgan fingerprint density at radius 3 is 1.51 bits per heavy atom. The van der Waals surface area contributed by atoms with Gasteiger partial charge in [0.2, 0.25) is 0 Å². The summed E-state index contributed by atoms with van der Waals surface area (Å²) >= 11 is 0. The SMILES string of the molecule is c1ccc(-c2cccc3cc(-c4c5ccccc5c(-c5ccc6c(c5)oc5ccccc56)c5ccccc45)ccc23)cc1. The number of fused-ring (bicyclic) bond motifs is 6. The van der Waals surface area contributed by atoms with Gasteiger partial charge in [0, 0.05) is 10.8 Å². The van der Waals surface area contributed by atoms with Crippen LogP contribution in [0.3, 0.4) is 0 Å². The average molecular weight is 547 g/mol. The Bertz CT molecular complexity index is 2440. The molecular formula is C42H26O. The van der Waals surface area contributed by atoms with Crippen LogP contribution in [0, 0.1) is 0 Å². The Hall–Kier alpha value is -5.66. The van der Waals surface area contributed by atoms with Crippen molar-refractivity contribution in [1.82, 2.24) is 0 Å². The van der Waals surface area contributed by atoms with Gasteiger partial charge in [-0.15, -0.1) is 0 Å². The molecule has 0 N–H and O–H groups in total. The molecule has 0 spiro atoms. The lowest BCUT2D eigenvalue weighted by Gasteiger charge is -2.18. The molecule has 1 heteroatoms. The smallest absolute Gasteiger partial charge is 0.136 e. The number of hydrogen-bond acceptors (Lipinski definition) is 1. The van der Waals surface area contributed by atoms with Crippen molar-refractivity contribution in [2.24, 2.45) is 0 Å². The summed E-state index contributed by atoms with van der Waals surface area (Å²) < 4.78 is 6.31. The lowest BCUT2D eigenvalue weighted by Crippen LogP contribution is -1.91. The van der Waals surface area contributed by atoms with Crippen LogP contribution >= 0.6 is 0 Å². The lowest BCUT2D eigenvalue weighted by molar-refractivity contribution is 0.669. The van der Waals surface area contributed by atoms with E-state index in [1.165, 1.54) is 60.1 Å². The third kappa shape index (κ3) is 3.72. The van der Waals surface area contributed by atoms with Crippen LogP contribution in [0.25, 0.3) is 87.6 Å². The molecule has 0 fully saturated rings. The van der Waals surface area contributed by atoms with Gasteiger partial charge in [-0.3, -0.25) is 0 Å².